The first kappa shape index (κ1) is 23.7. The van der Waals surface area contributed by atoms with Crippen molar-refractivity contribution in [2.24, 2.45) is 7.05 Å². The second-order valence-electron chi connectivity index (χ2n) is 7.53. The number of hydrogen-bond donors (Lipinski definition) is 1. The van der Waals surface area contributed by atoms with E-state index in [1.165, 1.54) is 30.1 Å². The Hall–Kier alpha value is -3.45. The molecule has 1 aromatic carbocycles. The fourth-order valence-corrected chi connectivity index (χ4v) is 4.55. The fraction of sp³-hybridized carbons (Fsp3) is 0.250. The molecule has 0 aliphatic heterocycles. The van der Waals surface area contributed by atoms with Crippen LogP contribution in [0.5, 0.6) is 0 Å². The van der Waals surface area contributed by atoms with Crippen molar-refractivity contribution in [3.63, 3.8) is 0 Å². The smallest absolute Gasteiger partial charge is 0.243 e. The summed E-state index contributed by atoms with van der Waals surface area (Å²) in [6.45, 7) is 3.09. The minimum absolute atomic E-state index is 0.0518. The Labute approximate surface area is 198 Å². The van der Waals surface area contributed by atoms with Crippen LogP contribution in [0.15, 0.2) is 42.9 Å². The van der Waals surface area contributed by atoms with Crippen LogP contribution in [0, 0.1) is 11.6 Å². The van der Waals surface area contributed by atoms with Crippen LogP contribution in [0.2, 0.25) is 5.02 Å². The first-order valence-electron chi connectivity index (χ1n) is 9.97. The van der Waals surface area contributed by atoms with Crippen LogP contribution in [0.3, 0.4) is 0 Å². The summed E-state index contributed by atoms with van der Waals surface area (Å²) < 4.78 is 60.6. The van der Waals surface area contributed by atoms with Crippen molar-refractivity contribution in [3.8, 4) is 17.2 Å². The van der Waals surface area contributed by atoms with Gasteiger partial charge in [0.05, 0.1) is 10.3 Å². The summed E-state index contributed by atoms with van der Waals surface area (Å²) in [5, 5.41) is 11.3. The molecule has 2 atom stereocenters. The number of nitrogens with zero attached hydrogens (tertiary/aromatic N) is 7. The summed E-state index contributed by atoms with van der Waals surface area (Å²) >= 11 is 5.81. The van der Waals surface area contributed by atoms with Crippen LogP contribution in [0.4, 0.5) is 14.7 Å². The summed E-state index contributed by atoms with van der Waals surface area (Å²) in [5.41, 5.74) is -0.313. The van der Waals surface area contributed by atoms with Crippen LogP contribution < -0.4 is 4.72 Å². The predicted octanol–water partition coefficient (Wildman–Crippen LogP) is 3.32. The summed E-state index contributed by atoms with van der Waals surface area (Å²) in [6, 6.07) is 4.84. The van der Waals surface area contributed by atoms with Gasteiger partial charge in [-0.2, -0.15) is 5.10 Å². The highest BCUT2D eigenvalue weighted by atomic mass is 35.5. The minimum Gasteiger partial charge on any atom is -0.275 e. The van der Waals surface area contributed by atoms with Crippen LogP contribution in [-0.4, -0.2) is 48.2 Å². The normalized spacial score (nSPS) is 13.6. The lowest BCUT2D eigenvalue weighted by molar-refractivity contribution is 0.564. The summed E-state index contributed by atoms with van der Waals surface area (Å²) in [7, 11) is -2.50. The highest BCUT2D eigenvalue weighted by Crippen LogP contribution is 2.30. The lowest BCUT2D eigenvalue weighted by Crippen LogP contribution is -2.31. The molecule has 10 nitrogen and oxygen atoms in total. The molecule has 0 saturated heterocycles. The number of hydrogen-bond acceptors (Lipinski definition) is 7. The van der Waals surface area contributed by atoms with E-state index in [1.807, 2.05) is 0 Å². The third kappa shape index (κ3) is 4.48. The Morgan fingerprint density at radius 1 is 1.06 bits per heavy atom. The largest absolute Gasteiger partial charge is 0.275 e. The predicted molar refractivity (Wildman–Crippen MR) is 121 cm³/mol. The molecule has 0 fully saturated rings. The number of nitrogens with one attached hydrogen (secondary N) is 1. The number of aromatic nitrogens is 7. The first-order valence-corrected chi connectivity index (χ1v) is 11.9. The average Bonchev–Trinajstić information content (AvgIpc) is 3.39. The second-order valence-corrected chi connectivity index (χ2v) is 10.0. The maximum atomic E-state index is 14.7. The molecule has 0 unspecified atom stereocenters. The molecule has 0 radical (unpaired) electrons. The molecule has 0 aliphatic rings. The van der Waals surface area contributed by atoms with Gasteiger partial charge in [0, 0.05) is 31.6 Å². The van der Waals surface area contributed by atoms with Crippen molar-refractivity contribution < 1.29 is 17.2 Å². The van der Waals surface area contributed by atoms with Gasteiger partial charge in [0.2, 0.25) is 16.0 Å². The maximum Gasteiger partial charge on any atom is 0.243 e. The van der Waals surface area contributed by atoms with Crippen LogP contribution in [-0.2, 0) is 17.1 Å². The Morgan fingerprint density at radius 3 is 2.29 bits per heavy atom. The van der Waals surface area contributed by atoms with E-state index in [0.29, 0.717) is 5.02 Å². The van der Waals surface area contributed by atoms with E-state index in [-0.39, 0.29) is 17.3 Å². The molecule has 3 aromatic heterocycles. The van der Waals surface area contributed by atoms with E-state index >= 15 is 0 Å². The lowest BCUT2D eigenvalue weighted by Gasteiger charge is -2.20. The van der Waals surface area contributed by atoms with E-state index in [2.05, 4.69) is 30.0 Å². The molecule has 14 heteroatoms. The van der Waals surface area contributed by atoms with Gasteiger partial charge in [0.1, 0.15) is 28.8 Å². The second kappa shape index (κ2) is 9.06. The van der Waals surface area contributed by atoms with Gasteiger partial charge in [-0.3, -0.25) is 14.0 Å². The maximum absolute atomic E-state index is 14.7. The van der Waals surface area contributed by atoms with E-state index < -0.39 is 44.5 Å². The molecule has 0 aliphatic carbocycles. The van der Waals surface area contributed by atoms with Gasteiger partial charge in [-0.15, -0.1) is 10.2 Å². The monoisotopic (exact) mass is 508 g/mol. The summed E-state index contributed by atoms with van der Waals surface area (Å²) in [4.78, 5) is 8.15. The van der Waals surface area contributed by atoms with Crippen molar-refractivity contribution in [2.45, 2.75) is 25.0 Å². The number of anilines is 1. The van der Waals surface area contributed by atoms with E-state index in [1.54, 1.807) is 26.2 Å². The number of sulfonamides is 1. The minimum atomic E-state index is -4.15. The molecule has 34 heavy (non-hydrogen) atoms. The number of para-hydroxylation sites is 1. The Balaban J connectivity index is 1.77. The van der Waals surface area contributed by atoms with Crippen LogP contribution >= 0.6 is 11.6 Å². The number of benzene rings is 1. The highest BCUT2D eigenvalue weighted by Gasteiger charge is 2.32. The molecule has 0 bridgehead atoms. The molecule has 0 spiro atoms. The molecule has 1 N–H and O–H groups in total. The zero-order valence-electron chi connectivity index (χ0n) is 18.2. The average molecular weight is 509 g/mol. The Bertz CT molecular complexity index is 1420. The standard InChI is InChI=1S/C20H19ClF2N8O2S/c1-11(18-24-9-13(21)10-25-18)12(2)34(32,33)29-20-27-26-19(16-7-8-30(3)28-16)31(20)17-14(22)5-4-6-15(17)23/h4-12H,1-3H3,(H,27,29)/t11-,12-/m0/s1. The molecular weight excluding hydrogens is 490 g/mol. The third-order valence-corrected chi connectivity index (χ3v) is 7.29. The van der Waals surface area contributed by atoms with E-state index in [0.717, 1.165) is 16.7 Å². The molecule has 4 aromatic rings. The lowest BCUT2D eigenvalue weighted by atomic mass is 10.1. The zero-order valence-corrected chi connectivity index (χ0v) is 19.8. The van der Waals surface area contributed by atoms with Gasteiger partial charge in [0.15, 0.2) is 5.82 Å². The zero-order chi connectivity index (χ0) is 24.6. The van der Waals surface area contributed by atoms with Crippen LogP contribution in [0.1, 0.15) is 25.6 Å². The quantitative estimate of drug-likeness (QED) is 0.406. The number of halogens is 3. The molecule has 178 valence electrons. The topological polar surface area (TPSA) is 120 Å². The summed E-state index contributed by atoms with van der Waals surface area (Å²) in [5.74, 6) is -2.71. The van der Waals surface area contributed by atoms with Gasteiger partial charge in [-0.05, 0) is 25.1 Å². The Kier molecular flexibility index (Phi) is 6.32. The molecule has 3 heterocycles. The first-order chi connectivity index (χ1) is 16.1. The number of rotatable bonds is 7. The van der Waals surface area contributed by atoms with Crippen molar-refractivity contribution >= 4 is 27.6 Å². The molecule has 4 rings (SSSR count). The van der Waals surface area contributed by atoms with Gasteiger partial charge < -0.3 is 0 Å². The van der Waals surface area contributed by atoms with E-state index in [4.69, 9.17) is 11.6 Å². The highest BCUT2D eigenvalue weighted by molar-refractivity contribution is 7.93. The third-order valence-electron chi connectivity index (χ3n) is 5.24. The molecule has 0 amide bonds. The van der Waals surface area contributed by atoms with Crippen molar-refractivity contribution in [1.82, 2.24) is 34.5 Å². The van der Waals surface area contributed by atoms with Crippen LogP contribution in [0.25, 0.3) is 17.2 Å². The van der Waals surface area contributed by atoms with Crippen molar-refractivity contribution in [2.75, 3.05) is 4.72 Å². The van der Waals surface area contributed by atoms with Crippen molar-refractivity contribution in [3.05, 3.63) is 65.3 Å². The molecule has 0 saturated carbocycles. The Morgan fingerprint density at radius 2 is 1.71 bits per heavy atom. The molecular formula is C20H19ClF2N8O2S. The SMILES string of the molecule is C[C@H](c1ncc(Cl)cn1)[C@H](C)S(=O)(=O)Nc1nnc(-c2ccn(C)n2)n1-c1c(F)cccc1F. The van der Waals surface area contributed by atoms with Gasteiger partial charge in [-0.1, -0.05) is 24.6 Å². The van der Waals surface area contributed by atoms with Gasteiger partial charge >= 0.3 is 0 Å². The van der Waals surface area contributed by atoms with E-state index in [9.17, 15) is 17.2 Å². The van der Waals surface area contributed by atoms with Crippen molar-refractivity contribution in [1.29, 1.82) is 0 Å². The summed E-state index contributed by atoms with van der Waals surface area (Å²) in [6.07, 6.45) is 4.33. The van der Waals surface area contributed by atoms with Gasteiger partial charge in [-0.25, -0.2) is 27.2 Å². The fourth-order valence-electron chi connectivity index (χ4n) is 3.22. The van der Waals surface area contributed by atoms with Gasteiger partial charge in [0.25, 0.3) is 0 Å². The number of aryl methyl sites for hydroxylation is 1.